The van der Waals surface area contributed by atoms with E-state index in [-0.39, 0.29) is 86.8 Å². The molecule has 2 nitrogen and oxygen atoms in total. The van der Waals surface area contributed by atoms with Gasteiger partial charge in [-0.25, -0.2) is 0 Å². The van der Waals surface area contributed by atoms with Gasteiger partial charge in [0.05, 0.1) is 0 Å². The molecule has 0 aliphatic carbocycles. The minimum atomic E-state index is -1.63. The van der Waals surface area contributed by atoms with Crippen molar-refractivity contribution in [2.45, 2.75) is 64.6 Å². The number of rotatable bonds is 8. The quantitative estimate of drug-likeness (QED) is 0.319. The first-order valence-corrected chi connectivity index (χ1v) is 5.50. The second-order valence-corrected chi connectivity index (χ2v) is 3.90. The Kier molecular flexibility index (Phi) is 25.2. The molecule has 0 aromatic carbocycles. The van der Waals surface area contributed by atoms with Gasteiger partial charge in [0, 0.05) is 0 Å². The van der Waals surface area contributed by atoms with Gasteiger partial charge in [-0.05, 0) is 0 Å². The van der Waals surface area contributed by atoms with Crippen LogP contribution in [0.2, 0.25) is 5.82 Å². The normalized spacial score (nSPS) is 11.2. The average Bonchev–Trinajstić information content (AvgIpc) is 2.10. The van der Waals surface area contributed by atoms with Crippen LogP contribution >= 0.6 is 0 Å². The summed E-state index contributed by atoms with van der Waals surface area (Å²) in [6.45, 7) is 3.96. The van der Waals surface area contributed by atoms with Gasteiger partial charge in [0.15, 0.2) is 0 Å². The first-order valence-electron chi connectivity index (χ1n) is 5.50. The molecule has 0 aliphatic heterocycles. The summed E-state index contributed by atoms with van der Waals surface area (Å²) in [4.78, 5) is 0. The van der Waals surface area contributed by atoms with E-state index in [0.717, 1.165) is 12.8 Å². The maximum Gasteiger partial charge on any atom is 1.00 e. The zero-order valence-electron chi connectivity index (χ0n) is 10.9. The van der Waals surface area contributed by atoms with E-state index in [9.17, 15) is 10.0 Å². The van der Waals surface area contributed by atoms with Crippen LogP contribution in [0.5, 0.6) is 0 Å². The maximum atomic E-state index is 10.4. The van der Waals surface area contributed by atoms with Crippen molar-refractivity contribution in [3.05, 3.63) is 0 Å². The van der Waals surface area contributed by atoms with Crippen LogP contribution in [0.1, 0.15) is 58.8 Å². The van der Waals surface area contributed by atoms with Gasteiger partial charge in [-0.3, -0.25) is 0 Å². The van der Waals surface area contributed by atoms with Gasteiger partial charge in [-0.2, -0.15) is 0 Å². The summed E-state index contributed by atoms with van der Waals surface area (Å²) in [5, 5.41) is 20.9. The summed E-state index contributed by atoms with van der Waals surface area (Å²) >= 11 is 0. The van der Waals surface area contributed by atoms with E-state index in [2.05, 4.69) is 6.92 Å². The third kappa shape index (κ3) is 16.6. The largest absolute Gasteiger partial charge is 1.00 e. The standard InChI is InChI=1S/C10H21BO2.K.Na/c1-3-4-5-6-7-8-9-10(2)11(12)13;;/h10H,3-9H2,1-2H3;;/q-2;2*+1. The van der Waals surface area contributed by atoms with Crippen LogP contribution in [0.4, 0.5) is 0 Å². The molecule has 0 saturated heterocycles. The van der Waals surface area contributed by atoms with E-state index >= 15 is 0 Å². The fraction of sp³-hybridized carbons (Fsp3) is 1.00. The van der Waals surface area contributed by atoms with E-state index in [0.29, 0.717) is 0 Å². The summed E-state index contributed by atoms with van der Waals surface area (Å²) in [7, 11) is -1.63. The number of hydrogen-bond acceptors (Lipinski definition) is 2. The molecule has 0 N–H and O–H groups in total. The molecule has 0 aromatic heterocycles. The molecule has 0 radical (unpaired) electrons. The first kappa shape index (κ1) is 22.8. The van der Waals surface area contributed by atoms with Gasteiger partial charge in [-0.15, -0.1) is 12.9 Å². The van der Waals surface area contributed by atoms with Crippen molar-refractivity contribution >= 4 is 7.12 Å². The molecule has 0 rings (SSSR count). The third-order valence-electron chi connectivity index (χ3n) is 2.48. The van der Waals surface area contributed by atoms with Gasteiger partial charge >= 0.3 is 80.9 Å². The van der Waals surface area contributed by atoms with Crippen molar-refractivity contribution in [3.8, 4) is 0 Å². The van der Waals surface area contributed by atoms with Crippen LogP contribution in [-0.4, -0.2) is 7.12 Å². The van der Waals surface area contributed by atoms with Crippen molar-refractivity contribution in [1.82, 2.24) is 0 Å². The van der Waals surface area contributed by atoms with Gasteiger partial charge < -0.3 is 10.0 Å². The number of hydrogen-bond donors (Lipinski definition) is 0. The molecular formula is C10H21BKNaO2. The molecule has 0 bridgehead atoms. The average molecular weight is 246 g/mol. The van der Waals surface area contributed by atoms with Gasteiger partial charge in [-0.1, -0.05) is 58.8 Å². The minimum Gasteiger partial charge on any atom is -0.893 e. The molecule has 78 valence electrons. The van der Waals surface area contributed by atoms with Crippen LogP contribution in [0.25, 0.3) is 0 Å². The van der Waals surface area contributed by atoms with E-state index in [1.54, 1.807) is 6.92 Å². The second-order valence-electron chi connectivity index (χ2n) is 3.90. The Hall–Kier alpha value is 2.62. The first-order chi connectivity index (χ1) is 6.18. The fourth-order valence-electron chi connectivity index (χ4n) is 1.38. The molecule has 15 heavy (non-hydrogen) atoms. The molecule has 0 heterocycles. The maximum absolute atomic E-state index is 10.4. The molecule has 0 aliphatic rings. The molecule has 0 fully saturated rings. The van der Waals surface area contributed by atoms with Gasteiger partial charge in [0.1, 0.15) is 0 Å². The molecule has 1 unspecified atom stereocenters. The van der Waals surface area contributed by atoms with Crippen molar-refractivity contribution in [2.24, 2.45) is 0 Å². The molecule has 0 saturated carbocycles. The van der Waals surface area contributed by atoms with E-state index in [4.69, 9.17) is 0 Å². The predicted octanol–water partition coefficient (Wildman–Crippen LogP) is -4.66. The second kappa shape index (κ2) is 16.6. The Labute approximate surface area is 160 Å². The van der Waals surface area contributed by atoms with E-state index in [1.165, 1.54) is 32.1 Å². The van der Waals surface area contributed by atoms with E-state index in [1.807, 2.05) is 0 Å². The number of unbranched alkanes of at least 4 members (excludes halogenated alkanes) is 5. The Bertz CT molecular complexity index is 118. The third-order valence-corrected chi connectivity index (χ3v) is 2.48. The Morgan fingerprint density at radius 1 is 1.00 bits per heavy atom. The smallest absolute Gasteiger partial charge is 0.893 e. The summed E-state index contributed by atoms with van der Waals surface area (Å²) in [6.07, 6.45) is 8.15. The Morgan fingerprint density at radius 2 is 1.47 bits per heavy atom. The zero-order valence-corrected chi connectivity index (χ0v) is 16.0. The summed E-state index contributed by atoms with van der Waals surface area (Å²) in [6, 6.07) is 0. The van der Waals surface area contributed by atoms with Crippen LogP contribution < -0.4 is 91.0 Å². The van der Waals surface area contributed by atoms with Gasteiger partial charge in [0.25, 0.3) is 0 Å². The fourth-order valence-corrected chi connectivity index (χ4v) is 1.38. The molecule has 5 heteroatoms. The minimum absolute atomic E-state index is 0. The molecule has 0 spiro atoms. The van der Waals surface area contributed by atoms with Crippen LogP contribution in [-0.2, 0) is 0 Å². The SMILES string of the molecule is CCCCCCCCC(C)B([O-])[O-].[K+].[Na+]. The van der Waals surface area contributed by atoms with Gasteiger partial charge in [0.2, 0.25) is 0 Å². The van der Waals surface area contributed by atoms with E-state index < -0.39 is 7.12 Å². The Morgan fingerprint density at radius 3 is 1.93 bits per heavy atom. The van der Waals surface area contributed by atoms with Crippen molar-refractivity contribution in [3.63, 3.8) is 0 Å². The molecular weight excluding hydrogens is 225 g/mol. The van der Waals surface area contributed by atoms with Crippen molar-refractivity contribution in [1.29, 1.82) is 0 Å². The summed E-state index contributed by atoms with van der Waals surface area (Å²) < 4.78 is 0. The van der Waals surface area contributed by atoms with Crippen LogP contribution in [0.15, 0.2) is 0 Å². The monoisotopic (exact) mass is 246 g/mol. The van der Waals surface area contributed by atoms with Crippen molar-refractivity contribution < 1.29 is 91.0 Å². The van der Waals surface area contributed by atoms with Crippen LogP contribution in [0.3, 0.4) is 0 Å². The summed E-state index contributed by atoms with van der Waals surface area (Å²) in [5.41, 5.74) is 0. The molecule has 0 aromatic rings. The zero-order chi connectivity index (χ0) is 10.1. The van der Waals surface area contributed by atoms with Crippen LogP contribution in [0, 0.1) is 0 Å². The Balaban J connectivity index is -0.000000720. The molecule has 0 amide bonds. The van der Waals surface area contributed by atoms with Crippen molar-refractivity contribution in [2.75, 3.05) is 0 Å². The summed E-state index contributed by atoms with van der Waals surface area (Å²) in [5.74, 6) is -0.189. The predicted molar refractivity (Wildman–Crippen MR) is 53.2 cm³/mol. The topological polar surface area (TPSA) is 46.1 Å². The molecule has 1 atom stereocenters.